The van der Waals surface area contributed by atoms with Gasteiger partial charge in [-0.25, -0.2) is 4.79 Å². The number of hydrogen-bond donors (Lipinski definition) is 3. The molecular formula is C27H34N4O5. The number of carbonyl (C=O) groups excluding carboxylic acids is 4. The molecule has 0 heterocycles. The summed E-state index contributed by atoms with van der Waals surface area (Å²) in [5.41, 5.74) is 7.23. The number of primary amides is 1. The monoisotopic (exact) mass is 494 g/mol. The van der Waals surface area contributed by atoms with E-state index in [9.17, 15) is 19.2 Å². The Hall–Kier alpha value is -4.14. The lowest BCUT2D eigenvalue weighted by Crippen LogP contribution is -2.52. The highest BCUT2D eigenvalue weighted by atomic mass is 16.6. The molecule has 2 rings (SSSR count). The molecule has 0 bridgehead atoms. The predicted octanol–water partition coefficient (Wildman–Crippen LogP) is 3.54. The summed E-state index contributed by atoms with van der Waals surface area (Å²) < 4.78 is 5.23. The minimum absolute atomic E-state index is 0.471. The molecule has 0 fully saturated rings. The average Bonchev–Trinajstić information content (AvgIpc) is 2.78. The first-order chi connectivity index (χ1) is 16.8. The van der Waals surface area contributed by atoms with Crippen LogP contribution in [0.4, 0.5) is 10.5 Å². The fourth-order valence-electron chi connectivity index (χ4n) is 3.55. The number of anilines is 1. The third-order valence-electron chi connectivity index (χ3n) is 5.24. The number of ether oxygens (including phenoxy) is 1. The number of benzene rings is 2. The average molecular weight is 495 g/mol. The molecule has 9 nitrogen and oxygen atoms in total. The summed E-state index contributed by atoms with van der Waals surface area (Å²) in [6, 6.07) is 11.8. The Kier molecular flexibility index (Phi) is 9.38. The maximum absolute atomic E-state index is 13.5. The maximum atomic E-state index is 13.5. The summed E-state index contributed by atoms with van der Waals surface area (Å²) in [5.74, 6) is -1.96. The van der Waals surface area contributed by atoms with Crippen LogP contribution in [0.1, 0.15) is 49.9 Å². The van der Waals surface area contributed by atoms with Gasteiger partial charge in [0.2, 0.25) is 11.8 Å². The molecule has 0 aliphatic rings. The van der Waals surface area contributed by atoms with Crippen molar-refractivity contribution >= 4 is 35.6 Å². The second kappa shape index (κ2) is 12.0. The van der Waals surface area contributed by atoms with Crippen LogP contribution in [0.2, 0.25) is 0 Å². The van der Waals surface area contributed by atoms with Crippen molar-refractivity contribution in [2.45, 2.75) is 51.8 Å². The fraction of sp³-hybridized carbons (Fsp3) is 0.333. The van der Waals surface area contributed by atoms with E-state index in [1.807, 2.05) is 25.1 Å². The number of amides is 4. The van der Waals surface area contributed by atoms with Crippen LogP contribution in [0.5, 0.6) is 0 Å². The topological polar surface area (TPSA) is 131 Å². The lowest BCUT2D eigenvalue weighted by Gasteiger charge is -2.31. The van der Waals surface area contributed by atoms with Crippen LogP contribution < -0.4 is 16.4 Å². The van der Waals surface area contributed by atoms with Crippen molar-refractivity contribution in [3.8, 4) is 0 Å². The molecule has 4 amide bonds. The van der Waals surface area contributed by atoms with E-state index in [1.165, 1.54) is 11.9 Å². The van der Waals surface area contributed by atoms with Gasteiger partial charge in [-0.2, -0.15) is 0 Å². The quantitative estimate of drug-likeness (QED) is 0.491. The standard InChI is InChI=1S/C27H34N4O5/c1-7-18-12-10-13-19(15-18)23(24(33)29-20-14-9-8-11-17(20)2)31(6)25(34)21(16-22(28)32)30-26(35)36-27(3,4)5/h7-15,21,23H,1,16H2,2-6H3,(H2,28,32)(H,29,33)(H,30,35). The van der Waals surface area contributed by atoms with E-state index in [2.05, 4.69) is 17.2 Å². The van der Waals surface area contributed by atoms with Gasteiger partial charge in [-0.15, -0.1) is 0 Å². The number of nitrogens with two attached hydrogens (primary N) is 1. The van der Waals surface area contributed by atoms with E-state index in [1.54, 1.807) is 57.2 Å². The van der Waals surface area contributed by atoms with E-state index in [4.69, 9.17) is 10.5 Å². The largest absolute Gasteiger partial charge is 0.444 e. The smallest absolute Gasteiger partial charge is 0.408 e. The van der Waals surface area contributed by atoms with Gasteiger partial charge in [0.15, 0.2) is 0 Å². The summed E-state index contributed by atoms with van der Waals surface area (Å²) in [6.07, 6.45) is 0.271. The lowest BCUT2D eigenvalue weighted by molar-refractivity contribution is -0.140. The number of carbonyl (C=O) groups is 4. The van der Waals surface area contributed by atoms with Gasteiger partial charge in [0.05, 0.1) is 6.42 Å². The van der Waals surface area contributed by atoms with Crippen molar-refractivity contribution in [3.05, 3.63) is 71.8 Å². The highest BCUT2D eigenvalue weighted by Gasteiger charge is 2.35. The minimum Gasteiger partial charge on any atom is -0.444 e. The molecule has 2 atom stereocenters. The summed E-state index contributed by atoms with van der Waals surface area (Å²) in [6.45, 7) is 10.6. The number of aryl methyl sites for hydroxylation is 1. The van der Waals surface area contributed by atoms with Crippen LogP contribution in [-0.4, -0.2) is 47.4 Å². The zero-order valence-corrected chi connectivity index (χ0v) is 21.3. The Morgan fingerprint density at radius 1 is 1.11 bits per heavy atom. The summed E-state index contributed by atoms with van der Waals surface area (Å²) in [7, 11) is 1.43. The predicted molar refractivity (Wildman–Crippen MR) is 139 cm³/mol. The Labute approximate surface area is 211 Å². The number of rotatable bonds is 9. The molecule has 0 radical (unpaired) electrons. The molecule has 2 aromatic carbocycles. The van der Waals surface area contributed by atoms with Gasteiger partial charge in [-0.1, -0.05) is 49.1 Å². The number of nitrogens with zero attached hydrogens (tertiary/aromatic N) is 1. The number of para-hydroxylation sites is 1. The molecule has 2 unspecified atom stereocenters. The van der Waals surface area contributed by atoms with E-state index < -0.39 is 47.9 Å². The number of hydrogen-bond acceptors (Lipinski definition) is 5. The molecule has 192 valence electrons. The first kappa shape index (κ1) is 28.1. The van der Waals surface area contributed by atoms with Crippen molar-refractivity contribution in [1.29, 1.82) is 0 Å². The van der Waals surface area contributed by atoms with Gasteiger partial charge in [-0.3, -0.25) is 14.4 Å². The molecule has 9 heteroatoms. The van der Waals surface area contributed by atoms with E-state index in [0.29, 0.717) is 11.3 Å². The van der Waals surface area contributed by atoms with Gasteiger partial charge in [0, 0.05) is 12.7 Å². The molecule has 4 N–H and O–H groups in total. The van der Waals surface area contributed by atoms with Gasteiger partial charge in [0.1, 0.15) is 17.7 Å². The van der Waals surface area contributed by atoms with Gasteiger partial charge in [0.25, 0.3) is 5.91 Å². The molecule has 0 aromatic heterocycles. The van der Waals surface area contributed by atoms with E-state index in [-0.39, 0.29) is 0 Å². The number of nitrogens with one attached hydrogen (secondary N) is 2. The van der Waals surface area contributed by atoms with Crippen LogP contribution in [0.25, 0.3) is 6.08 Å². The Balaban J connectivity index is 2.43. The third kappa shape index (κ3) is 7.97. The molecule has 0 aliphatic carbocycles. The highest BCUT2D eigenvalue weighted by molar-refractivity contribution is 6.00. The molecule has 0 saturated heterocycles. The fourth-order valence-corrected chi connectivity index (χ4v) is 3.55. The van der Waals surface area contributed by atoms with Crippen molar-refractivity contribution in [3.63, 3.8) is 0 Å². The van der Waals surface area contributed by atoms with Gasteiger partial charge >= 0.3 is 6.09 Å². The number of likely N-dealkylation sites (N-methyl/N-ethyl adjacent to an activating group) is 1. The molecule has 2 aromatic rings. The molecule has 0 saturated carbocycles. The van der Waals surface area contributed by atoms with E-state index >= 15 is 0 Å². The zero-order valence-electron chi connectivity index (χ0n) is 21.3. The molecule has 0 aliphatic heterocycles. The summed E-state index contributed by atoms with van der Waals surface area (Å²) in [4.78, 5) is 52.3. The second-order valence-corrected chi connectivity index (χ2v) is 9.40. The van der Waals surface area contributed by atoms with Gasteiger partial charge in [-0.05, 0) is 56.5 Å². The third-order valence-corrected chi connectivity index (χ3v) is 5.24. The van der Waals surface area contributed by atoms with Crippen molar-refractivity contribution in [2.75, 3.05) is 12.4 Å². The highest BCUT2D eigenvalue weighted by Crippen LogP contribution is 2.25. The number of alkyl carbamates (subject to hydrolysis) is 1. The van der Waals surface area contributed by atoms with Crippen molar-refractivity contribution in [1.82, 2.24) is 10.2 Å². The van der Waals surface area contributed by atoms with Crippen molar-refractivity contribution < 1.29 is 23.9 Å². The van der Waals surface area contributed by atoms with Crippen molar-refractivity contribution in [2.24, 2.45) is 5.73 Å². The molecule has 36 heavy (non-hydrogen) atoms. The van der Waals surface area contributed by atoms with Crippen LogP contribution in [0.15, 0.2) is 55.1 Å². The van der Waals surface area contributed by atoms with Gasteiger partial charge < -0.3 is 26.0 Å². The SMILES string of the molecule is C=Cc1cccc(C(C(=O)Nc2ccccc2C)N(C)C(=O)C(CC(N)=O)NC(=O)OC(C)(C)C)c1. The molecular weight excluding hydrogens is 460 g/mol. The lowest BCUT2D eigenvalue weighted by atomic mass is 10.00. The normalized spacial score (nSPS) is 12.6. The molecule has 0 spiro atoms. The van der Waals surface area contributed by atoms with Crippen LogP contribution >= 0.6 is 0 Å². The van der Waals surface area contributed by atoms with Crippen LogP contribution in [0, 0.1) is 6.92 Å². The first-order valence-corrected chi connectivity index (χ1v) is 11.5. The Morgan fingerprint density at radius 3 is 2.36 bits per heavy atom. The van der Waals surface area contributed by atoms with Crippen LogP contribution in [-0.2, 0) is 19.1 Å². The van der Waals surface area contributed by atoms with E-state index in [0.717, 1.165) is 11.1 Å². The Morgan fingerprint density at radius 2 is 1.78 bits per heavy atom. The Bertz CT molecular complexity index is 1140. The zero-order chi connectivity index (χ0) is 27.0. The maximum Gasteiger partial charge on any atom is 0.408 e. The summed E-state index contributed by atoms with van der Waals surface area (Å²) >= 11 is 0. The minimum atomic E-state index is -1.33. The first-order valence-electron chi connectivity index (χ1n) is 11.5. The second-order valence-electron chi connectivity index (χ2n) is 9.40. The van der Waals surface area contributed by atoms with Crippen LogP contribution in [0.3, 0.4) is 0 Å². The summed E-state index contributed by atoms with van der Waals surface area (Å²) in [5, 5.41) is 5.28.